The number of hydrazine groups is 1. The highest BCUT2D eigenvalue weighted by Crippen LogP contribution is 2.28. The molecule has 29 heavy (non-hydrogen) atoms. The quantitative estimate of drug-likeness (QED) is 0.794. The first kappa shape index (κ1) is 20.1. The van der Waals surface area contributed by atoms with E-state index in [1.807, 2.05) is 30.1 Å². The number of piperidine rings is 1. The van der Waals surface area contributed by atoms with Gasteiger partial charge in [0.05, 0.1) is 5.92 Å². The maximum absolute atomic E-state index is 13.2. The molecule has 4 rings (SSSR count). The monoisotopic (exact) mass is 392 g/mol. The third-order valence-electron chi connectivity index (χ3n) is 6.28. The van der Waals surface area contributed by atoms with E-state index in [0.29, 0.717) is 19.0 Å². The van der Waals surface area contributed by atoms with Crippen LogP contribution in [0.5, 0.6) is 0 Å². The van der Waals surface area contributed by atoms with Crippen LogP contribution in [0.25, 0.3) is 0 Å². The lowest BCUT2D eigenvalue weighted by Gasteiger charge is -2.37. The van der Waals surface area contributed by atoms with Gasteiger partial charge in [-0.1, -0.05) is 60.7 Å². The molecule has 5 nitrogen and oxygen atoms in total. The molecule has 3 unspecified atom stereocenters. The Morgan fingerprint density at radius 3 is 2.48 bits per heavy atom. The van der Waals surface area contributed by atoms with Crippen LogP contribution in [0.3, 0.4) is 0 Å². The van der Waals surface area contributed by atoms with Gasteiger partial charge in [0.15, 0.2) is 0 Å². The molecule has 2 aliphatic heterocycles. The minimum Gasteiger partial charge on any atom is -0.341 e. The number of carbonyl (C=O) groups excluding carboxylic acids is 1. The Morgan fingerprint density at radius 2 is 1.76 bits per heavy atom. The van der Waals surface area contributed by atoms with Crippen LogP contribution in [0.2, 0.25) is 0 Å². The number of hydrogen-bond donors (Lipinski definition) is 2. The van der Waals surface area contributed by atoms with Crippen LogP contribution < -0.4 is 10.9 Å². The van der Waals surface area contributed by atoms with Crippen LogP contribution in [-0.2, 0) is 17.9 Å². The topological polar surface area (TPSA) is 47.6 Å². The van der Waals surface area contributed by atoms with E-state index < -0.39 is 0 Å². The molecule has 0 saturated carbocycles. The van der Waals surface area contributed by atoms with Gasteiger partial charge in [0.1, 0.15) is 0 Å². The Morgan fingerprint density at radius 1 is 1.07 bits per heavy atom. The number of rotatable bonds is 6. The van der Waals surface area contributed by atoms with Crippen molar-refractivity contribution in [1.82, 2.24) is 20.7 Å². The highest BCUT2D eigenvalue weighted by Gasteiger charge is 2.40. The average Bonchev–Trinajstić information content (AvgIpc) is 3.25. The van der Waals surface area contributed by atoms with Crippen molar-refractivity contribution in [3.8, 4) is 0 Å². The number of amides is 1. The van der Waals surface area contributed by atoms with E-state index in [1.165, 1.54) is 24.0 Å². The fourth-order valence-corrected chi connectivity index (χ4v) is 4.79. The first-order valence-electron chi connectivity index (χ1n) is 10.7. The molecule has 2 saturated heterocycles. The van der Waals surface area contributed by atoms with E-state index in [2.05, 4.69) is 58.2 Å². The summed E-state index contributed by atoms with van der Waals surface area (Å²) >= 11 is 0. The van der Waals surface area contributed by atoms with Crippen molar-refractivity contribution in [1.29, 1.82) is 0 Å². The lowest BCUT2D eigenvalue weighted by atomic mass is 9.83. The summed E-state index contributed by atoms with van der Waals surface area (Å²) in [6.07, 6.45) is 2.37. The summed E-state index contributed by atoms with van der Waals surface area (Å²) in [5.41, 5.74) is 9.24. The molecule has 2 fully saturated rings. The first-order chi connectivity index (χ1) is 14.2. The van der Waals surface area contributed by atoms with Gasteiger partial charge in [-0.15, -0.1) is 0 Å². The van der Waals surface area contributed by atoms with Crippen molar-refractivity contribution in [2.75, 3.05) is 26.7 Å². The Kier molecular flexibility index (Phi) is 6.60. The van der Waals surface area contributed by atoms with Crippen molar-refractivity contribution in [3.63, 3.8) is 0 Å². The smallest absolute Gasteiger partial charge is 0.228 e. The Labute approximate surface area is 174 Å². The highest BCUT2D eigenvalue weighted by molar-refractivity contribution is 5.80. The summed E-state index contributed by atoms with van der Waals surface area (Å²) in [5.74, 6) is 0.712. The molecule has 154 valence electrons. The van der Waals surface area contributed by atoms with Gasteiger partial charge in [0, 0.05) is 39.3 Å². The maximum atomic E-state index is 13.2. The Hall–Kier alpha value is -2.21. The summed E-state index contributed by atoms with van der Waals surface area (Å²) in [4.78, 5) is 17.6. The molecule has 2 N–H and O–H groups in total. The normalized spacial score (nSPS) is 25.1. The molecule has 1 amide bonds. The minimum absolute atomic E-state index is 0.00890. The number of nitrogens with one attached hydrogen (secondary N) is 2. The molecule has 2 heterocycles. The van der Waals surface area contributed by atoms with Gasteiger partial charge in [-0.3, -0.25) is 20.5 Å². The van der Waals surface area contributed by atoms with E-state index in [4.69, 9.17) is 0 Å². The van der Waals surface area contributed by atoms with Crippen LogP contribution >= 0.6 is 0 Å². The van der Waals surface area contributed by atoms with Gasteiger partial charge in [0.2, 0.25) is 5.91 Å². The van der Waals surface area contributed by atoms with Gasteiger partial charge in [0.25, 0.3) is 0 Å². The van der Waals surface area contributed by atoms with E-state index >= 15 is 0 Å². The fourth-order valence-electron chi connectivity index (χ4n) is 4.79. The van der Waals surface area contributed by atoms with E-state index in [9.17, 15) is 4.79 Å². The highest BCUT2D eigenvalue weighted by atomic mass is 16.2. The second kappa shape index (κ2) is 9.53. The van der Waals surface area contributed by atoms with Gasteiger partial charge in [-0.05, 0) is 36.4 Å². The summed E-state index contributed by atoms with van der Waals surface area (Å²) in [7, 11) is 1.92. The second-order valence-electron chi connectivity index (χ2n) is 8.46. The molecule has 0 radical (unpaired) electrons. The first-order valence-corrected chi connectivity index (χ1v) is 10.7. The standard InChI is InChI=1S/C24H32N4O/c1-27(16-19-9-4-2-5-10-19)24(29)22-15-25-26-23(22)21-13-8-14-28(18-21)17-20-11-6-3-7-12-20/h2-7,9-12,21-23,25-26H,8,13-18H2,1H3. The molecule has 0 aliphatic carbocycles. The van der Waals surface area contributed by atoms with Crippen molar-refractivity contribution < 1.29 is 4.79 Å². The zero-order chi connectivity index (χ0) is 20.1. The zero-order valence-electron chi connectivity index (χ0n) is 17.3. The molecule has 3 atom stereocenters. The molecule has 2 aromatic rings. The Balaban J connectivity index is 1.37. The third kappa shape index (κ3) is 5.04. The molecular weight excluding hydrogens is 360 g/mol. The largest absolute Gasteiger partial charge is 0.341 e. The fraction of sp³-hybridized carbons (Fsp3) is 0.458. The van der Waals surface area contributed by atoms with Crippen LogP contribution in [0.15, 0.2) is 60.7 Å². The number of carbonyl (C=O) groups is 1. The van der Waals surface area contributed by atoms with Gasteiger partial charge >= 0.3 is 0 Å². The molecule has 0 aromatic heterocycles. The van der Waals surface area contributed by atoms with Crippen molar-refractivity contribution >= 4 is 5.91 Å². The predicted molar refractivity (Wildman–Crippen MR) is 116 cm³/mol. The van der Waals surface area contributed by atoms with Crippen LogP contribution in [0, 0.1) is 11.8 Å². The number of likely N-dealkylation sites (tertiary alicyclic amines) is 1. The lowest BCUT2D eigenvalue weighted by molar-refractivity contribution is -0.135. The minimum atomic E-state index is -0.00890. The number of hydrogen-bond acceptors (Lipinski definition) is 4. The van der Waals surface area contributed by atoms with Crippen molar-refractivity contribution in [3.05, 3.63) is 71.8 Å². The van der Waals surface area contributed by atoms with Crippen LogP contribution in [0.1, 0.15) is 24.0 Å². The molecule has 2 aromatic carbocycles. The molecule has 0 bridgehead atoms. The summed E-state index contributed by atoms with van der Waals surface area (Å²) < 4.78 is 0. The van der Waals surface area contributed by atoms with Crippen molar-refractivity contribution in [2.24, 2.45) is 11.8 Å². The molecular formula is C24H32N4O. The van der Waals surface area contributed by atoms with Gasteiger partial charge < -0.3 is 4.90 Å². The second-order valence-corrected chi connectivity index (χ2v) is 8.46. The number of benzene rings is 2. The SMILES string of the molecule is CN(Cc1ccccc1)C(=O)C1CNNC1C1CCCN(Cc2ccccc2)C1. The Bertz CT molecular complexity index is 782. The summed E-state index contributed by atoms with van der Waals surface area (Å²) in [6, 6.07) is 21.1. The van der Waals surface area contributed by atoms with E-state index in [0.717, 1.165) is 19.6 Å². The molecule has 0 spiro atoms. The van der Waals surface area contributed by atoms with Gasteiger partial charge in [-0.25, -0.2) is 0 Å². The zero-order valence-corrected chi connectivity index (χ0v) is 17.3. The number of nitrogens with zero attached hydrogens (tertiary/aromatic N) is 2. The average molecular weight is 393 g/mol. The van der Waals surface area contributed by atoms with Gasteiger partial charge in [-0.2, -0.15) is 0 Å². The maximum Gasteiger partial charge on any atom is 0.228 e. The summed E-state index contributed by atoms with van der Waals surface area (Å²) in [6.45, 7) is 4.54. The third-order valence-corrected chi connectivity index (χ3v) is 6.28. The molecule has 5 heteroatoms. The van der Waals surface area contributed by atoms with Crippen molar-refractivity contribution in [2.45, 2.75) is 32.0 Å². The van der Waals surface area contributed by atoms with E-state index in [-0.39, 0.29) is 17.9 Å². The lowest BCUT2D eigenvalue weighted by Crippen LogP contribution is -2.49. The van der Waals surface area contributed by atoms with Crippen LogP contribution in [-0.4, -0.2) is 48.4 Å². The summed E-state index contributed by atoms with van der Waals surface area (Å²) in [5, 5.41) is 0. The molecule has 2 aliphatic rings. The predicted octanol–water partition coefficient (Wildman–Crippen LogP) is 2.65. The van der Waals surface area contributed by atoms with E-state index in [1.54, 1.807) is 0 Å². The van der Waals surface area contributed by atoms with Crippen LogP contribution in [0.4, 0.5) is 0 Å².